The van der Waals surface area contributed by atoms with Gasteiger partial charge in [0.2, 0.25) is 0 Å². The fraction of sp³-hybridized carbons (Fsp3) is 0.357. The summed E-state index contributed by atoms with van der Waals surface area (Å²) in [7, 11) is 0. The Bertz CT molecular complexity index is 433. The van der Waals surface area contributed by atoms with Crippen LogP contribution in [-0.4, -0.2) is 4.98 Å². The molecule has 2 aromatic heterocycles. The highest BCUT2D eigenvalue weighted by molar-refractivity contribution is 7.15. The summed E-state index contributed by atoms with van der Waals surface area (Å²) in [6, 6.07) is 8.56. The summed E-state index contributed by atoms with van der Waals surface area (Å²) in [4.78, 5) is 6.96. The van der Waals surface area contributed by atoms with Crippen LogP contribution in [0.3, 0.4) is 0 Å². The normalized spacial score (nSPS) is 12.6. The minimum absolute atomic E-state index is 0.778. The Morgan fingerprint density at radius 2 is 2.19 bits per heavy atom. The SMILES string of the molecule is CCC(C)Cc1ccc(-c2cccnc2)s1. The van der Waals surface area contributed by atoms with Gasteiger partial charge >= 0.3 is 0 Å². The van der Waals surface area contributed by atoms with E-state index in [0.29, 0.717) is 0 Å². The Hall–Kier alpha value is -1.15. The molecule has 2 rings (SSSR count). The zero-order chi connectivity index (χ0) is 11.4. The van der Waals surface area contributed by atoms with E-state index in [-0.39, 0.29) is 0 Å². The van der Waals surface area contributed by atoms with Crippen molar-refractivity contribution in [3.05, 3.63) is 41.5 Å². The number of nitrogens with zero attached hydrogens (tertiary/aromatic N) is 1. The highest BCUT2D eigenvalue weighted by atomic mass is 32.1. The third kappa shape index (κ3) is 2.70. The Balaban J connectivity index is 2.14. The van der Waals surface area contributed by atoms with Crippen LogP contribution >= 0.6 is 11.3 Å². The Kier molecular flexibility index (Phi) is 3.73. The summed E-state index contributed by atoms with van der Waals surface area (Å²) in [5.74, 6) is 0.778. The van der Waals surface area contributed by atoms with Gasteiger partial charge in [-0.05, 0) is 30.5 Å². The fourth-order valence-electron chi connectivity index (χ4n) is 1.64. The summed E-state index contributed by atoms with van der Waals surface area (Å²) in [6.07, 6.45) is 6.19. The molecule has 16 heavy (non-hydrogen) atoms. The fourth-order valence-corrected chi connectivity index (χ4v) is 2.80. The van der Waals surface area contributed by atoms with Crippen molar-refractivity contribution < 1.29 is 0 Å². The standard InChI is InChI=1S/C14H17NS/c1-3-11(2)9-13-6-7-14(16-13)12-5-4-8-15-10-12/h4-8,10-11H,3,9H2,1-2H3. The second-order valence-electron chi connectivity index (χ2n) is 4.23. The van der Waals surface area contributed by atoms with Crippen molar-refractivity contribution in [3.63, 3.8) is 0 Å². The van der Waals surface area contributed by atoms with E-state index in [1.54, 1.807) is 0 Å². The summed E-state index contributed by atoms with van der Waals surface area (Å²) in [5.41, 5.74) is 1.22. The lowest BCUT2D eigenvalue weighted by atomic mass is 10.0. The minimum atomic E-state index is 0.778. The van der Waals surface area contributed by atoms with Crippen LogP contribution in [0.4, 0.5) is 0 Å². The quantitative estimate of drug-likeness (QED) is 0.760. The van der Waals surface area contributed by atoms with Crippen LogP contribution in [0.2, 0.25) is 0 Å². The molecule has 0 amide bonds. The molecule has 0 aromatic carbocycles. The maximum absolute atomic E-state index is 4.15. The zero-order valence-electron chi connectivity index (χ0n) is 9.81. The molecule has 1 atom stereocenters. The molecule has 0 aliphatic heterocycles. The lowest BCUT2D eigenvalue weighted by Gasteiger charge is -2.04. The van der Waals surface area contributed by atoms with Gasteiger partial charge in [0.25, 0.3) is 0 Å². The van der Waals surface area contributed by atoms with Gasteiger partial charge in [-0.25, -0.2) is 0 Å². The van der Waals surface area contributed by atoms with Crippen molar-refractivity contribution in [3.8, 4) is 10.4 Å². The first kappa shape index (κ1) is 11.3. The van der Waals surface area contributed by atoms with Gasteiger partial charge in [0.1, 0.15) is 0 Å². The molecule has 2 heterocycles. The number of aromatic nitrogens is 1. The van der Waals surface area contributed by atoms with Crippen LogP contribution in [0.15, 0.2) is 36.7 Å². The molecule has 0 spiro atoms. The van der Waals surface area contributed by atoms with E-state index in [1.807, 2.05) is 29.8 Å². The summed E-state index contributed by atoms with van der Waals surface area (Å²) >= 11 is 1.89. The monoisotopic (exact) mass is 231 g/mol. The second-order valence-corrected chi connectivity index (χ2v) is 5.39. The molecule has 0 saturated heterocycles. The third-order valence-corrected chi connectivity index (χ3v) is 4.01. The van der Waals surface area contributed by atoms with Crippen LogP contribution in [0.25, 0.3) is 10.4 Å². The van der Waals surface area contributed by atoms with Crippen molar-refractivity contribution in [2.24, 2.45) is 5.92 Å². The molecular formula is C14H17NS. The molecule has 0 fully saturated rings. The van der Waals surface area contributed by atoms with Crippen molar-refractivity contribution in [2.75, 3.05) is 0 Å². The molecule has 84 valence electrons. The zero-order valence-corrected chi connectivity index (χ0v) is 10.6. The van der Waals surface area contributed by atoms with Crippen LogP contribution in [-0.2, 0) is 6.42 Å². The van der Waals surface area contributed by atoms with E-state index in [1.165, 1.54) is 28.2 Å². The van der Waals surface area contributed by atoms with Crippen molar-refractivity contribution in [1.29, 1.82) is 0 Å². The molecule has 2 heteroatoms. The molecule has 2 aromatic rings. The van der Waals surface area contributed by atoms with Gasteiger partial charge in [-0.1, -0.05) is 26.3 Å². The Morgan fingerprint density at radius 1 is 1.31 bits per heavy atom. The summed E-state index contributed by atoms with van der Waals surface area (Å²) in [6.45, 7) is 4.56. The van der Waals surface area contributed by atoms with E-state index >= 15 is 0 Å². The molecule has 0 aliphatic rings. The molecule has 0 saturated carbocycles. The van der Waals surface area contributed by atoms with E-state index in [9.17, 15) is 0 Å². The van der Waals surface area contributed by atoms with E-state index in [0.717, 1.165) is 5.92 Å². The summed E-state index contributed by atoms with van der Waals surface area (Å²) < 4.78 is 0. The molecular weight excluding hydrogens is 214 g/mol. The van der Waals surface area contributed by atoms with E-state index in [4.69, 9.17) is 0 Å². The predicted molar refractivity (Wildman–Crippen MR) is 70.7 cm³/mol. The molecule has 0 aliphatic carbocycles. The first-order chi connectivity index (χ1) is 7.79. The number of rotatable bonds is 4. The number of hydrogen-bond acceptors (Lipinski definition) is 2. The Labute approximate surface area is 101 Å². The van der Waals surface area contributed by atoms with Gasteiger partial charge in [0.15, 0.2) is 0 Å². The van der Waals surface area contributed by atoms with Crippen LogP contribution < -0.4 is 0 Å². The lowest BCUT2D eigenvalue weighted by molar-refractivity contribution is 0.565. The van der Waals surface area contributed by atoms with Gasteiger partial charge in [-0.3, -0.25) is 4.98 Å². The smallest absolute Gasteiger partial charge is 0.0361 e. The van der Waals surface area contributed by atoms with Crippen LogP contribution in [0, 0.1) is 5.92 Å². The van der Waals surface area contributed by atoms with Crippen molar-refractivity contribution in [2.45, 2.75) is 26.7 Å². The predicted octanol–water partition coefficient (Wildman–Crippen LogP) is 4.40. The molecule has 0 bridgehead atoms. The maximum Gasteiger partial charge on any atom is 0.0361 e. The third-order valence-electron chi connectivity index (χ3n) is 2.85. The molecule has 0 radical (unpaired) electrons. The average Bonchev–Trinajstić information content (AvgIpc) is 2.78. The molecule has 1 unspecified atom stereocenters. The first-order valence-electron chi connectivity index (χ1n) is 5.78. The van der Waals surface area contributed by atoms with Gasteiger partial charge in [0, 0.05) is 27.7 Å². The van der Waals surface area contributed by atoms with Crippen LogP contribution in [0.5, 0.6) is 0 Å². The largest absolute Gasteiger partial charge is 0.264 e. The van der Waals surface area contributed by atoms with E-state index in [2.05, 4.69) is 37.0 Å². The van der Waals surface area contributed by atoms with Crippen molar-refractivity contribution in [1.82, 2.24) is 4.98 Å². The number of thiophene rings is 1. The van der Waals surface area contributed by atoms with Crippen molar-refractivity contribution >= 4 is 11.3 Å². The minimum Gasteiger partial charge on any atom is -0.264 e. The topological polar surface area (TPSA) is 12.9 Å². The summed E-state index contributed by atoms with van der Waals surface area (Å²) in [5, 5.41) is 0. The maximum atomic E-state index is 4.15. The Morgan fingerprint density at radius 3 is 2.88 bits per heavy atom. The lowest BCUT2D eigenvalue weighted by Crippen LogP contribution is -1.94. The molecule has 1 nitrogen and oxygen atoms in total. The molecule has 0 N–H and O–H groups in total. The second kappa shape index (κ2) is 5.26. The first-order valence-corrected chi connectivity index (χ1v) is 6.60. The van der Waals surface area contributed by atoms with Gasteiger partial charge in [-0.15, -0.1) is 11.3 Å². The number of hydrogen-bond donors (Lipinski definition) is 0. The van der Waals surface area contributed by atoms with E-state index < -0.39 is 0 Å². The average molecular weight is 231 g/mol. The number of pyridine rings is 1. The highest BCUT2D eigenvalue weighted by Crippen LogP contribution is 2.29. The van der Waals surface area contributed by atoms with Gasteiger partial charge in [0.05, 0.1) is 0 Å². The highest BCUT2D eigenvalue weighted by Gasteiger charge is 2.05. The van der Waals surface area contributed by atoms with Gasteiger partial charge in [-0.2, -0.15) is 0 Å². The van der Waals surface area contributed by atoms with Crippen LogP contribution in [0.1, 0.15) is 25.1 Å². The van der Waals surface area contributed by atoms with Gasteiger partial charge < -0.3 is 0 Å².